The zero-order valence-corrected chi connectivity index (χ0v) is 15.5. The van der Waals surface area contributed by atoms with Crippen molar-refractivity contribution in [2.45, 2.75) is 31.8 Å². The topological polar surface area (TPSA) is 74.0 Å². The van der Waals surface area contributed by atoms with E-state index in [-0.39, 0.29) is 17.8 Å². The molecule has 1 saturated carbocycles. The molecule has 2 fully saturated rings. The first kappa shape index (κ1) is 17.9. The number of aromatic nitrogens is 1. The van der Waals surface area contributed by atoms with Crippen molar-refractivity contribution in [2.24, 2.45) is 0 Å². The number of carbonyl (C=O) groups excluding carboxylic acids is 1. The van der Waals surface area contributed by atoms with Gasteiger partial charge >= 0.3 is 0 Å². The molecule has 1 aliphatic heterocycles. The zero-order valence-electron chi connectivity index (χ0n) is 15.5. The number of morpholine rings is 1. The number of ether oxygens (including phenoxy) is 3. The van der Waals surface area contributed by atoms with Crippen LogP contribution in [0.3, 0.4) is 0 Å². The Kier molecular flexibility index (Phi) is 5.29. The van der Waals surface area contributed by atoms with Crippen molar-refractivity contribution in [2.75, 3.05) is 33.4 Å². The predicted octanol–water partition coefficient (Wildman–Crippen LogP) is 3.14. The molecular formula is C20H24N2O5. The molecule has 1 aromatic heterocycles. The van der Waals surface area contributed by atoms with Crippen LogP contribution in [0.4, 0.5) is 0 Å². The maximum atomic E-state index is 12.5. The normalized spacial score (nSPS) is 17.9. The van der Waals surface area contributed by atoms with E-state index in [2.05, 4.69) is 5.16 Å². The van der Waals surface area contributed by atoms with E-state index in [0.29, 0.717) is 43.5 Å². The van der Waals surface area contributed by atoms with Gasteiger partial charge in [-0.05, 0) is 43.9 Å². The minimum Gasteiger partial charge on any atom is -0.493 e. The lowest BCUT2D eigenvalue weighted by Gasteiger charge is -2.25. The Hall–Kier alpha value is -2.54. The van der Waals surface area contributed by atoms with Crippen LogP contribution < -0.4 is 9.47 Å². The second kappa shape index (κ2) is 8.00. The van der Waals surface area contributed by atoms with Crippen molar-refractivity contribution in [1.82, 2.24) is 10.1 Å². The van der Waals surface area contributed by atoms with E-state index in [1.54, 1.807) is 18.1 Å². The molecule has 27 heavy (non-hydrogen) atoms. The standard InChI is InChI=1S/C20H24N2O5/c1-24-17-7-6-14(12-18(17)26-15-4-2-3-5-15)16-13-19(27-21-16)20(23)22-8-10-25-11-9-22/h6-7,12-13,15H,2-5,8-11H2,1H3. The second-order valence-corrected chi connectivity index (χ2v) is 6.87. The van der Waals surface area contributed by atoms with Gasteiger partial charge in [0.1, 0.15) is 5.69 Å². The van der Waals surface area contributed by atoms with Gasteiger partial charge in [0.15, 0.2) is 11.5 Å². The monoisotopic (exact) mass is 372 g/mol. The van der Waals surface area contributed by atoms with Gasteiger partial charge < -0.3 is 23.6 Å². The molecule has 0 radical (unpaired) electrons. The highest BCUT2D eigenvalue weighted by Gasteiger charge is 2.23. The number of nitrogens with zero attached hydrogens (tertiary/aromatic N) is 2. The van der Waals surface area contributed by atoms with E-state index in [1.165, 1.54) is 12.8 Å². The van der Waals surface area contributed by atoms with E-state index in [1.807, 2.05) is 18.2 Å². The number of rotatable bonds is 5. The van der Waals surface area contributed by atoms with E-state index in [4.69, 9.17) is 18.7 Å². The molecule has 7 heteroatoms. The molecule has 1 saturated heterocycles. The molecule has 0 spiro atoms. The van der Waals surface area contributed by atoms with Crippen molar-refractivity contribution < 1.29 is 23.5 Å². The van der Waals surface area contributed by atoms with Crippen molar-refractivity contribution in [3.05, 3.63) is 30.0 Å². The average Bonchev–Trinajstić information content (AvgIpc) is 3.40. The maximum absolute atomic E-state index is 12.5. The van der Waals surface area contributed by atoms with Gasteiger partial charge in [-0.1, -0.05) is 5.16 Å². The van der Waals surface area contributed by atoms with Crippen LogP contribution in [0.5, 0.6) is 11.5 Å². The lowest BCUT2D eigenvalue weighted by molar-refractivity contribution is 0.0277. The molecule has 1 aliphatic carbocycles. The highest BCUT2D eigenvalue weighted by molar-refractivity contribution is 5.92. The number of carbonyl (C=O) groups is 1. The van der Waals surface area contributed by atoms with Gasteiger partial charge in [0.2, 0.25) is 5.76 Å². The molecule has 0 N–H and O–H groups in total. The van der Waals surface area contributed by atoms with E-state index >= 15 is 0 Å². The number of methoxy groups -OCH3 is 1. The average molecular weight is 372 g/mol. The zero-order chi connectivity index (χ0) is 18.6. The molecule has 2 aliphatic rings. The van der Waals surface area contributed by atoms with Gasteiger partial charge in [0.05, 0.1) is 26.4 Å². The number of hydrogen-bond acceptors (Lipinski definition) is 6. The SMILES string of the molecule is COc1ccc(-c2cc(C(=O)N3CCOCC3)on2)cc1OC1CCCC1. The molecule has 2 heterocycles. The Labute approximate surface area is 158 Å². The van der Waals surface area contributed by atoms with E-state index in [9.17, 15) is 4.79 Å². The second-order valence-electron chi connectivity index (χ2n) is 6.87. The summed E-state index contributed by atoms with van der Waals surface area (Å²) in [5.41, 5.74) is 1.43. The quantitative estimate of drug-likeness (QED) is 0.803. The summed E-state index contributed by atoms with van der Waals surface area (Å²) in [6.07, 6.45) is 4.75. The van der Waals surface area contributed by atoms with Crippen LogP contribution >= 0.6 is 0 Å². The van der Waals surface area contributed by atoms with Crippen molar-refractivity contribution in [1.29, 1.82) is 0 Å². The number of amides is 1. The number of hydrogen-bond donors (Lipinski definition) is 0. The summed E-state index contributed by atoms with van der Waals surface area (Å²) in [5.74, 6) is 1.47. The lowest BCUT2D eigenvalue weighted by Crippen LogP contribution is -2.40. The van der Waals surface area contributed by atoms with Crippen molar-refractivity contribution in [3.8, 4) is 22.8 Å². The molecule has 1 amide bonds. The van der Waals surface area contributed by atoms with Crippen LogP contribution in [-0.2, 0) is 4.74 Å². The van der Waals surface area contributed by atoms with Crippen LogP contribution in [0.1, 0.15) is 36.2 Å². The molecule has 1 aromatic carbocycles. The van der Waals surface area contributed by atoms with Gasteiger partial charge in [-0.25, -0.2) is 0 Å². The van der Waals surface area contributed by atoms with E-state index < -0.39 is 0 Å². The van der Waals surface area contributed by atoms with Crippen LogP contribution in [0, 0.1) is 0 Å². The van der Waals surface area contributed by atoms with Crippen LogP contribution in [0.15, 0.2) is 28.8 Å². The summed E-state index contributed by atoms with van der Waals surface area (Å²) in [6.45, 7) is 2.23. The Morgan fingerprint density at radius 2 is 1.93 bits per heavy atom. The molecule has 0 unspecified atom stereocenters. The predicted molar refractivity (Wildman–Crippen MR) is 98.1 cm³/mol. The van der Waals surface area contributed by atoms with E-state index in [0.717, 1.165) is 18.4 Å². The van der Waals surface area contributed by atoms with Crippen LogP contribution in [0.25, 0.3) is 11.3 Å². The maximum Gasteiger partial charge on any atom is 0.292 e. The summed E-state index contributed by atoms with van der Waals surface area (Å²) < 4.78 is 22.2. The smallest absolute Gasteiger partial charge is 0.292 e. The number of benzene rings is 1. The lowest BCUT2D eigenvalue weighted by atomic mass is 10.1. The highest BCUT2D eigenvalue weighted by atomic mass is 16.5. The fourth-order valence-electron chi connectivity index (χ4n) is 3.55. The van der Waals surface area contributed by atoms with Crippen molar-refractivity contribution in [3.63, 3.8) is 0 Å². The van der Waals surface area contributed by atoms with Crippen LogP contribution in [-0.4, -0.2) is 55.5 Å². The summed E-state index contributed by atoms with van der Waals surface area (Å²) in [5, 5.41) is 4.08. The largest absolute Gasteiger partial charge is 0.493 e. The third kappa shape index (κ3) is 3.93. The fourth-order valence-corrected chi connectivity index (χ4v) is 3.55. The summed E-state index contributed by atoms with van der Waals surface area (Å²) >= 11 is 0. The first-order valence-electron chi connectivity index (χ1n) is 9.43. The molecule has 7 nitrogen and oxygen atoms in total. The van der Waals surface area contributed by atoms with Gasteiger partial charge in [0, 0.05) is 24.7 Å². The first-order valence-corrected chi connectivity index (χ1v) is 9.43. The van der Waals surface area contributed by atoms with Gasteiger partial charge in [-0.3, -0.25) is 4.79 Å². The fraction of sp³-hybridized carbons (Fsp3) is 0.500. The Bertz CT molecular complexity index is 791. The summed E-state index contributed by atoms with van der Waals surface area (Å²) in [4.78, 5) is 14.3. The molecule has 4 rings (SSSR count). The highest BCUT2D eigenvalue weighted by Crippen LogP contribution is 2.35. The Balaban J connectivity index is 1.54. The first-order chi connectivity index (χ1) is 13.2. The van der Waals surface area contributed by atoms with Crippen molar-refractivity contribution >= 4 is 5.91 Å². The Morgan fingerprint density at radius 3 is 2.67 bits per heavy atom. The summed E-state index contributed by atoms with van der Waals surface area (Å²) in [6, 6.07) is 7.33. The molecule has 0 bridgehead atoms. The van der Waals surface area contributed by atoms with Gasteiger partial charge in [-0.2, -0.15) is 0 Å². The third-order valence-electron chi connectivity index (χ3n) is 5.07. The molecule has 144 valence electrons. The Morgan fingerprint density at radius 1 is 1.15 bits per heavy atom. The van der Waals surface area contributed by atoms with Gasteiger partial charge in [0.25, 0.3) is 5.91 Å². The van der Waals surface area contributed by atoms with Crippen LogP contribution in [0.2, 0.25) is 0 Å². The molecule has 0 atom stereocenters. The van der Waals surface area contributed by atoms with Gasteiger partial charge in [-0.15, -0.1) is 0 Å². The molecular weight excluding hydrogens is 348 g/mol. The third-order valence-corrected chi connectivity index (χ3v) is 5.07. The minimum atomic E-state index is -0.159. The minimum absolute atomic E-state index is 0.159. The summed E-state index contributed by atoms with van der Waals surface area (Å²) in [7, 11) is 1.63. The molecule has 2 aromatic rings.